The van der Waals surface area contributed by atoms with Gasteiger partial charge in [-0.15, -0.1) is 0 Å². The number of piperidine rings is 1. The molecule has 8 nitrogen and oxygen atoms in total. The highest BCUT2D eigenvalue weighted by Crippen LogP contribution is 2.32. The Morgan fingerprint density at radius 2 is 2.19 bits per heavy atom. The van der Waals surface area contributed by atoms with Crippen LogP contribution in [-0.4, -0.2) is 55.4 Å². The average molecular weight is 424 g/mol. The number of rotatable bonds is 6. The molecule has 0 aromatic carbocycles. The van der Waals surface area contributed by atoms with Crippen LogP contribution in [0, 0.1) is 0 Å². The van der Waals surface area contributed by atoms with E-state index >= 15 is 0 Å². The van der Waals surface area contributed by atoms with Gasteiger partial charge in [-0.05, 0) is 31.5 Å². The second-order valence-electron chi connectivity index (χ2n) is 9.56. The Bertz CT molecular complexity index is 1050. The topological polar surface area (TPSA) is 91.7 Å². The third-order valence-corrected chi connectivity index (χ3v) is 5.99. The molecule has 0 radical (unpaired) electrons. The van der Waals surface area contributed by atoms with Crippen molar-refractivity contribution < 1.29 is 4.79 Å². The molecule has 1 amide bonds. The minimum atomic E-state index is -0.0264. The average Bonchev–Trinajstić information content (AvgIpc) is 3.33. The molecular weight excluding hydrogens is 390 g/mol. The van der Waals surface area contributed by atoms with Gasteiger partial charge in [0.2, 0.25) is 5.91 Å². The van der Waals surface area contributed by atoms with Crippen LogP contribution in [0.15, 0.2) is 24.5 Å². The molecule has 1 fully saturated rings. The van der Waals surface area contributed by atoms with Crippen molar-refractivity contribution in [1.82, 2.24) is 35.2 Å². The summed E-state index contributed by atoms with van der Waals surface area (Å²) in [6, 6.07) is 4.10. The number of aromatic amines is 1. The summed E-state index contributed by atoms with van der Waals surface area (Å²) < 4.78 is 1.94. The molecular formula is C23H33N7O. The second kappa shape index (κ2) is 8.78. The van der Waals surface area contributed by atoms with E-state index in [4.69, 9.17) is 5.10 Å². The number of fused-ring (bicyclic) bond motifs is 1. The van der Waals surface area contributed by atoms with E-state index in [2.05, 4.69) is 52.2 Å². The van der Waals surface area contributed by atoms with E-state index in [-0.39, 0.29) is 11.3 Å². The van der Waals surface area contributed by atoms with Gasteiger partial charge in [-0.2, -0.15) is 10.2 Å². The number of nitrogens with zero attached hydrogens (tertiary/aromatic N) is 5. The molecule has 0 aliphatic carbocycles. The predicted octanol–water partition coefficient (Wildman–Crippen LogP) is 2.97. The highest BCUT2D eigenvalue weighted by molar-refractivity contribution is 5.79. The number of amides is 1. The fraction of sp³-hybridized carbons (Fsp3) is 0.565. The van der Waals surface area contributed by atoms with Crippen LogP contribution in [0.2, 0.25) is 0 Å². The van der Waals surface area contributed by atoms with Crippen LogP contribution in [0.3, 0.4) is 0 Å². The van der Waals surface area contributed by atoms with Crippen LogP contribution in [0.5, 0.6) is 0 Å². The fourth-order valence-electron chi connectivity index (χ4n) is 4.57. The maximum atomic E-state index is 11.2. The molecule has 8 heteroatoms. The van der Waals surface area contributed by atoms with Gasteiger partial charge in [-0.1, -0.05) is 20.8 Å². The van der Waals surface area contributed by atoms with Gasteiger partial charge in [0, 0.05) is 60.7 Å². The number of carbonyl (C=O) groups excluding carboxylic acids is 1. The van der Waals surface area contributed by atoms with Crippen molar-refractivity contribution >= 4 is 16.9 Å². The molecule has 1 aliphatic heterocycles. The Labute approximate surface area is 183 Å². The zero-order valence-corrected chi connectivity index (χ0v) is 19.0. The van der Waals surface area contributed by atoms with Crippen LogP contribution in [0.4, 0.5) is 0 Å². The summed E-state index contributed by atoms with van der Waals surface area (Å²) in [7, 11) is 0. The van der Waals surface area contributed by atoms with Gasteiger partial charge in [0.05, 0.1) is 18.4 Å². The lowest BCUT2D eigenvalue weighted by molar-refractivity contribution is -0.118. The summed E-state index contributed by atoms with van der Waals surface area (Å²) in [5, 5.41) is 16.4. The normalized spacial score (nSPS) is 17.9. The van der Waals surface area contributed by atoms with Gasteiger partial charge < -0.3 is 5.32 Å². The minimum Gasteiger partial charge on any atom is -0.354 e. The third kappa shape index (κ3) is 4.79. The Balaban J connectivity index is 1.53. The number of hydrogen-bond acceptors (Lipinski definition) is 5. The van der Waals surface area contributed by atoms with Crippen molar-refractivity contribution in [3.63, 3.8) is 0 Å². The number of hydrogen-bond donors (Lipinski definition) is 2. The smallest absolute Gasteiger partial charge is 0.216 e. The van der Waals surface area contributed by atoms with Crippen LogP contribution >= 0.6 is 0 Å². The predicted molar refractivity (Wildman–Crippen MR) is 121 cm³/mol. The van der Waals surface area contributed by atoms with Gasteiger partial charge in [0.1, 0.15) is 0 Å². The summed E-state index contributed by atoms with van der Waals surface area (Å²) in [5.74, 6) is 0.342. The monoisotopic (exact) mass is 423 g/mol. The molecule has 3 aromatic rings. The maximum Gasteiger partial charge on any atom is 0.216 e. The number of aromatic nitrogens is 5. The third-order valence-electron chi connectivity index (χ3n) is 5.99. The van der Waals surface area contributed by atoms with Crippen molar-refractivity contribution in [3.8, 4) is 0 Å². The molecule has 1 atom stereocenters. The lowest BCUT2D eigenvalue weighted by atomic mass is 9.88. The molecule has 31 heavy (non-hydrogen) atoms. The van der Waals surface area contributed by atoms with Gasteiger partial charge in [-0.25, -0.2) is 9.67 Å². The number of nitrogens with one attached hydrogen (secondary N) is 2. The molecule has 1 aliphatic rings. The van der Waals surface area contributed by atoms with Crippen molar-refractivity contribution in [2.45, 2.75) is 65.0 Å². The highest BCUT2D eigenvalue weighted by atomic mass is 16.1. The van der Waals surface area contributed by atoms with E-state index in [1.54, 1.807) is 0 Å². The summed E-state index contributed by atoms with van der Waals surface area (Å²) in [5.41, 5.74) is 4.56. The van der Waals surface area contributed by atoms with E-state index in [0.29, 0.717) is 19.0 Å². The molecule has 0 saturated carbocycles. The zero-order chi connectivity index (χ0) is 22.0. The first kappa shape index (κ1) is 21.5. The van der Waals surface area contributed by atoms with Gasteiger partial charge in [0.25, 0.3) is 0 Å². The SMILES string of the molecule is CC(=O)NCCn1nc([C@@H]2CCCN(Cc3cn[nH]c3C(C)(C)C)C2)c2cccnc21. The molecule has 3 aromatic heterocycles. The maximum absolute atomic E-state index is 11.2. The van der Waals surface area contributed by atoms with Crippen LogP contribution < -0.4 is 5.32 Å². The van der Waals surface area contributed by atoms with E-state index < -0.39 is 0 Å². The summed E-state index contributed by atoms with van der Waals surface area (Å²) in [6.07, 6.45) is 6.05. The highest BCUT2D eigenvalue weighted by Gasteiger charge is 2.28. The lowest BCUT2D eigenvalue weighted by Crippen LogP contribution is -2.34. The van der Waals surface area contributed by atoms with E-state index in [1.165, 1.54) is 18.2 Å². The molecule has 0 spiro atoms. The number of likely N-dealkylation sites (tertiary alicyclic amines) is 1. The molecule has 1 saturated heterocycles. The number of pyridine rings is 1. The van der Waals surface area contributed by atoms with E-state index in [9.17, 15) is 4.79 Å². The first-order chi connectivity index (χ1) is 14.8. The van der Waals surface area contributed by atoms with E-state index in [1.807, 2.05) is 23.1 Å². The Morgan fingerprint density at radius 3 is 2.97 bits per heavy atom. The number of H-pyrrole nitrogens is 1. The Kier molecular flexibility index (Phi) is 6.09. The second-order valence-corrected chi connectivity index (χ2v) is 9.56. The standard InChI is InChI=1S/C23H33N7O/c1-16(31)24-10-12-30-22-19(8-5-9-25-22)20(28-30)17-7-6-11-29(14-17)15-18-13-26-27-21(18)23(2,3)4/h5,8-9,13,17H,6-7,10-12,14-15H2,1-4H3,(H,24,31)(H,26,27)/t17-/m1/s1. The first-order valence-corrected chi connectivity index (χ1v) is 11.1. The van der Waals surface area contributed by atoms with Crippen molar-refractivity contribution in [3.05, 3.63) is 41.5 Å². The van der Waals surface area contributed by atoms with E-state index in [0.717, 1.165) is 49.2 Å². The molecule has 4 rings (SSSR count). The molecule has 0 bridgehead atoms. The van der Waals surface area contributed by atoms with Crippen LogP contribution in [-0.2, 0) is 23.3 Å². The Morgan fingerprint density at radius 1 is 1.35 bits per heavy atom. The van der Waals surface area contributed by atoms with Gasteiger partial charge in [0.15, 0.2) is 5.65 Å². The minimum absolute atomic E-state index is 0.0264. The van der Waals surface area contributed by atoms with Crippen molar-refractivity contribution in [2.75, 3.05) is 19.6 Å². The fourth-order valence-corrected chi connectivity index (χ4v) is 4.57. The van der Waals surface area contributed by atoms with Crippen LogP contribution in [0.25, 0.3) is 11.0 Å². The Hall–Kier alpha value is -2.74. The summed E-state index contributed by atoms with van der Waals surface area (Å²) >= 11 is 0. The van der Waals surface area contributed by atoms with Crippen molar-refractivity contribution in [2.24, 2.45) is 0 Å². The molecule has 0 unspecified atom stereocenters. The van der Waals surface area contributed by atoms with Gasteiger partial charge in [-0.3, -0.25) is 14.8 Å². The zero-order valence-electron chi connectivity index (χ0n) is 19.0. The van der Waals surface area contributed by atoms with Crippen molar-refractivity contribution in [1.29, 1.82) is 0 Å². The summed E-state index contributed by atoms with van der Waals surface area (Å²) in [4.78, 5) is 18.3. The molecule has 4 heterocycles. The largest absolute Gasteiger partial charge is 0.354 e. The summed E-state index contributed by atoms with van der Waals surface area (Å²) in [6.45, 7) is 12.3. The molecule has 166 valence electrons. The quantitative estimate of drug-likeness (QED) is 0.636. The lowest BCUT2D eigenvalue weighted by Gasteiger charge is -2.32. The first-order valence-electron chi connectivity index (χ1n) is 11.1. The molecule has 2 N–H and O–H groups in total. The van der Waals surface area contributed by atoms with Gasteiger partial charge >= 0.3 is 0 Å². The van der Waals surface area contributed by atoms with Crippen LogP contribution in [0.1, 0.15) is 63.4 Å². The number of carbonyl (C=O) groups is 1.